The van der Waals surface area contributed by atoms with Gasteiger partial charge in [-0.3, -0.25) is 0 Å². The molecular weight excluding hydrogens is 205 g/mol. The molecule has 0 aliphatic carbocycles. The third kappa shape index (κ3) is 3.10. The number of nitrogens with zero attached hydrogens (tertiary/aromatic N) is 2. The molecule has 1 heterocycles. The van der Waals surface area contributed by atoms with Crippen LogP contribution < -0.4 is 5.32 Å². The van der Waals surface area contributed by atoms with E-state index in [0.29, 0.717) is 5.95 Å². The molecule has 14 heavy (non-hydrogen) atoms. The zero-order valence-corrected chi connectivity index (χ0v) is 8.92. The lowest BCUT2D eigenvalue weighted by atomic mass is 10.2. The Labute approximate surface area is 87.7 Å². The summed E-state index contributed by atoms with van der Waals surface area (Å²) in [5, 5.41) is 3.02. The monoisotopic (exact) mass is 217 g/mol. The van der Waals surface area contributed by atoms with Crippen molar-refractivity contribution in [2.45, 2.75) is 31.7 Å². The molecule has 2 atom stereocenters. The first kappa shape index (κ1) is 11.2. The van der Waals surface area contributed by atoms with Crippen LogP contribution in [0.4, 0.5) is 10.3 Å². The molecule has 78 valence electrons. The van der Waals surface area contributed by atoms with Crippen molar-refractivity contribution in [2.75, 3.05) is 5.32 Å². The number of hydrogen-bond acceptors (Lipinski definition) is 3. The Kier molecular flexibility index (Phi) is 4.07. The van der Waals surface area contributed by atoms with Crippen molar-refractivity contribution in [3.8, 4) is 0 Å². The molecule has 0 spiro atoms. The van der Waals surface area contributed by atoms with Crippen LogP contribution >= 0.6 is 11.6 Å². The summed E-state index contributed by atoms with van der Waals surface area (Å²) in [4.78, 5) is 7.56. The Hall–Kier alpha value is -0.900. The van der Waals surface area contributed by atoms with E-state index in [1.54, 1.807) is 0 Å². The summed E-state index contributed by atoms with van der Waals surface area (Å²) in [6, 6.07) is 0.0622. The first-order valence-corrected chi connectivity index (χ1v) is 4.95. The second-order valence-corrected chi connectivity index (χ2v) is 3.64. The van der Waals surface area contributed by atoms with Crippen molar-refractivity contribution in [1.29, 1.82) is 0 Å². The average molecular weight is 218 g/mol. The molecule has 2 unspecified atom stereocenters. The fourth-order valence-corrected chi connectivity index (χ4v) is 1.10. The van der Waals surface area contributed by atoms with Crippen LogP contribution in [0.25, 0.3) is 0 Å². The minimum absolute atomic E-state index is 0.0173. The molecule has 0 fully saturated rings. The van der Waals surface area contributed by atoms with Gasteiger partial charge in [-0.1, -0.05) is 6.92 Å². The molecule has 0 saturated heterocycles. The van der Waals surface area contributed by atoms with Crippen molar-refractivity contribution < 1.29 is 4.39 Å². The van der Waals surface area contributed by atoms with Crippen molar-refractivity contribution in [1.82, 2.24) is 9.97 Å². The second kappa shape index (κ2) is 5.10. The van der Waals surface area contributed by atoms with Crippen LogP contribution in [-0.4, -0.2) is 21.4 Å². The lowest BCUT2D eigenvalue weighted by molar-refractivity contribution is 0.612. The molecular formula is C9H13ClFN3. The summed E-state index contributed by atoms with van der Waals surface area (Å²) in [5.74, 6) is -0.0425. The highest BCUT2D eigenvalue weighted by molar-refractivity contribution is 6.21. The van der Waals surface area contributed by atoms with Crippen LogP contribution in [0.5, 0.6) is 0 Å². The van der Waals surface area contributed by atoms with Gasteiger partial charge < -0.3 is 5.32 Å². The van der Waals surface area contributed by atoms with E-state index < -0.39 is 5.82 Å². The maximum Gasteiger partial charge on any atom is 0.223 e. The number of aromatic nitrogens is 2. The van der Waals surface area contributed by atoms with Crippen molar-refractivity contribution >= 4 is 17.5 Å². The Morgan fingerprint density at radius 1 is 1.50 bits per heavy atom. The minimum Gasteiger partial charge on any atom is -0.350 e. The van der Waals surface area contributed by atoms with Crippen LogP contribution in [0.1, 0.15) is 20.3 Å². The SMILES string of the molecule is CCC(Cl)C(C)Nc1ncc(F)cn1. The largest absolute Gasteiger partial charge is 0.350 e. The minimum atomic E-state index is -0.443. The normalized spacial score (nSPS) is 14.9. The Morgan fingerprint density at radius 2 is 2.07 bits per heavy atom. The van der Waals surface area contributed by atoms with Gasteiger partial charge in [-0.25, -0.2) is 14.4 Å². The first-order chi connectivity index (χ1) is 6.63. The van der Waals surface area contributed by atoms with Gasteiger partial charge in [0.05, 0.1) is 17.8 Å². The maximum absolute atomic E-state index is 12.5. The van der Waals surface area contributed by atoms with Crippen LogP contribution in [0, 0.1) is 5.82 Å². The smallest absolute Gasteiger partial charge is 0.223 e. The van der Waals surface area contributed by atoms with Crippen LogP contribution in [0.15, 0.2) is 12.4 Å². The summed E-state index contributed by atoms with van der Waals surface area (Å²) < 4.78 is 12.5. The number of alkyl halides is 1. The molecule has 5 heteroatoms. The molecule has 1 rings (SSSR count). The highest BCUT2D eigenvalue weighted by Crippen LogP contribution is 2.10. The van der Waals surface area contributed by atoms with E-state index in [1.807, 2.05) is 13.8 Å². The number of halogens is 2. The molecule has 3 nitrogen and oxygen atoms in total. The van der Waals surface area contributed by atoms with E-state index >= 15 is 0 Å². The van der Waals surface area contributed by atoms with Crippen LogP contribution in [-0.2, 0) is 0 Å². The fourth-order valence-electron chi connectivity index (χ4n) is 1.03. The van der Waals surface area contributed by atoms with E-state index in [2.05, 4.69) is 15.3 Å². The molecule has 0 aliphatic heterocycles. The highest BCUT2D eigenvalue weighted by atomic mass is 35.5. The molecule has 0 aliphatic rings. The molecule has 1 N–H and O–H groups in total. The van der Waals surface area contributed by atoms with Crippen molar-refractivity contribution in [3.05, 3.63) is 18.2 Å². The quantitative estimate of drug-likeness (QED) is 0.788. The van der Waals surface area contributed by atoms with Crippen molar-refractivity contribution in [2.24, 2.45) is 0 Å². The fraction of sp³-hybridized carbons (Fsp3) is 0.556. The molecule has 0 radical (unpaired) electrons. The van der Waals surface area contributed by atoms with Crippen molar-refractivity contribution in [3.63, 3.8) is 0 Å². The zero-order chi connectivity index (χ0) is 10.6. The molecule has 0 saturated carbocycles. The number of nitrogens with one attached hydrogen (secondary N) is 1. The maximum atomic E-state index is 12.5. The van der Waals surface area contributed by atoms with Gasteiger partial charge in [-0.2, -0.15) is 0 Å². The number of anilines is 1. The Balaban J connectivity index is 2.56. The van der Waals surface area contributed by atoms with E-state index in [1.165, 1.54) is 0 Å². The predicted molar refractivity (Wildman–Crippen MR) is 55.0 cm³/mol. The van der Waals surface area contributed by atoms with Crippen LogP contribution in [0.2, 0.25) is 0 Å². The summed E-state index contributed by atoms with van der Waals surface area (Å²) in [6.07, 6.45) is 3.10. The van der Waals surface area contributed by atoms with Gasteiger partial charge in [0, 0.05) is 6.04 Å². The highest BCUT2D eigenvalue weighted by Gasteiger charge is 2.12. The lowest BCUT2D eigenvalue weighted by Crippen LogP contribution is -2.26. The summed E-state index contributed by atoms with van der Waals surface area (Å²) >= 11 is 6.00. The summed E-state index contributed by atoms with van der Waals surface area (Å²) in [6.45, 7) is 3.94. The van der Waals surface area contributed by atoms with Gasteiger partial charge in [0.2, 0.25) is 5.95 Å². The molecule has 0 aromatic carbocycles. The van der Waals surface area contributed by atoms with Gasteiger partial charge in [-0.05, 0) is 13.3 Å². The van der Waals surface area contributed by atoms with Gasteiger partial charge in [0.1, 0.15) is 0 Å². The predicted octanol–water partition coefficient (Wildman–Crippen LogP) is 2.43. The summed E-state index contributed by atoms with van der Waals surface area (Å²) in [7, 11) is 0. The Morgan fingerprint density at radius 3 is 2.57 bits per heavy atom. The van der Waals surface area contributed by atoms with Gasteiger partial charge in [0.25, 0.3) is 0 Å². The van der Waals surface area contributed by atoms with Gasteiger partial charge >= 0.3 is 0 Å². The standard InChI is InChI=1S/C9H13ClFN3/c1-3-8(10)6(2)14-9-12-4-7(11)5-13-9/h4-6,8H,3H2,1-2H3,(H,12,13,14). The second-order valence-electron chi connectivity index (χ2n) is 3.08. The third-order valence-electron chi connectivity index (χ3n) is 1.91. The topological polar surface area (TPSA) is 37.8 Å². The van der Waals surface area contributed by atoms with E-state index in [-0.39, 0.29) is 11.4 Å². The molecule has 0 amide bonds. The lowest BCUT2D eigenvalue weighted by Gasteiger charge is -2.17. The third-order valence-corrected chi connectivity index (χ3v) is 2.60. The van der Waals surface area contributed by atoms with Crippen LogP contribution in [0.3, 0.4) is 0 Å². The van der Waals surface area contributed by atoms with Gasteiger partial charge in [0.15, 0.2) is 5.82 Å². The van der Waals surface area contributed by atoms with E-state index in [0.717, 1.165) is 18.8 Å². The summed E-state index contributed by atoms with van der Waals surface area (Å²) in [5.41, 5.74) is 0. The molecule has 1 aromatic rings. The van der Waals surface area contributed by atoms with Gasteiger partial charge in [-0.15, -0.1) is 11.6 Å². The van der Waals surface area contributed by atoms with E-state index in [4.69, 9.17) is 11.6 Å². The zero-order valence-electron chi connectivity index (χ0n) is 8.17. The number of rotatable bonds is 4. The van der Waals surface area contributed by atoms with E-state index in [9.17, 15) is 4.39 Å². The molecule has 0 bridgehead atoms. The number of hydrogen-bond donors (Lipinski definition) is 1. The average Bonchev–Trinajstić information content (AvgIpc) is 2.20. The molecule has 1 aromatic heterocycles. The Bertz CT molecular complexity index is 278. The first-order valence-electron chi connectivity index (χ1n) is 4.51.